The summed E-state index contributed by atoms with van der Waals surface area (Å²) in [5.41, 5.74) is 0.869. The van der Waals surface area contributed by atoms with Crippen LogP contribution in [0.3, 0.4) is 0 Å². The molecular weight excluding hydrogens is 376 g/mol. The zero-order valence-corrected chi connectivity index (χ0v) is 15.5. The second-order valence-electron chi connectivity index (χ2n) is 6.11. The van der Waals surface area contributed by atoms with E-state index in [9.17, 15) is 13.2 Å². The van der Waals surface area contributed by atoms with E-state index in [0.29, 0.717) is 37.4 Å². The van der Waals surface area contributed by atoms with Crippen LogP contribution in [0.15, 0.2) is 39.9 Å². The molecule has 1 aromatic carbocycles. The Hall–Kier alpha value is -2.10. The van der Waals surface area contributed by atoms with Crippen molar-refractivity contribution in [1.82, 2.24) is 9.62 Å². The SMILES string of the molecule is O=C(NCc1ccc2c(c1)OCO2)[C@H]1CCCN1S(=O)(=O)c1cccs1. The lowest BCUT2D eigenvalue weighted by Crippen LogP contribution is -2.45. The van der Waals surface area contributed by atoms with Crippen LogP contribution in [-0.4, -0.2) is 38.0 Å². The molecule has 0 radical (unpaired) electrons. The monoisotopic (exact) mass is 394 g/mol. The molecule has 0 saturated carbocycles. The first-order valence-electron chi connectivity index (χ1n) is 8.27. The van der Waals surface area contributed by atoms with Gasteiger partial charge >= 0.3 is 0 Å². The molecule has 2 aromatic rings. The molecule has 0 unspecified atom stereocenters. The molecule has 0 spiro atoms. The predicted molar refractivity (Wildman–Crippen MR) is 95.6 cm³/mol. The van der Waals surface area contributed by atoms with Crippen molar-refractivity contribution in [2.45, 2.75) is 29.6 Å². The van der Waals surface area contributed by atoms with Crippen LogP contribution in [0.25, 0.3) is 0 Å². The number of fused-ring (bicyclic) bond motifs is 1. The lowest BCUT2D eigenvalue weighted by molar-refractivity contribution is -0.124. The van der Waals surface area contributed by atoms with Gasteiger partial charge in [0.2, 0.25) is 12.7 Å². The van der Waals surface area contributed by atoms with E-state index in [2.05, 4.69) is 5.32 Å². The standard InChI is InChI=1S/C17H18N2O5S2/c20-17(18-10-12-5-6-14-15(9-12)24-11-23-14)13-3-1-7-19(13)26(21,22)16-4-2-8-25-16/h2,4-6,8-9,13H,1,3,7,10-11H2,(H,18,20)/t13-/m1/s1. The summed E-state index contributed by atoms with van der Waals surface area (Å²) in [5, 5.41) is 4.56. The number of benzene rings is 1. The minimum Gasteiger partial charge on any atom is -0.454 e. The van der Waals surface area contributed by atoms with Gasteiger partial charge in [0, 0.05) is 13.1 Å². The number of nitrogens with zero attached hydrogens (tertiary/aromatic N) is 1. The molecule has 1 saturated heterocycles. The minimum atomic E-state index is -3.63. The number of rotatable bonds is 5. The van der Waals surface area contributed by atoms with Gasteiger partial charge in [-0.15, -0.1) is 11.3 Å². The summed E-state index contributed by atoms with van der Waals surface area (Å²) >= 11 is 1.16. The Kier molecular flexibility index (Phi) is 4.60. The van der Waals surface area contributed by atoms with Gasteiger partial charge in [-0.1, -0.05) is 12.1 Å². The largest absolute Gasteiger partial charge is 0.454 e. The Morgan fingerprint density at radius 3 is 2.92 bits per heavy atom. The molecular formula is C17H18N2O5S2. The maximum Gasteiger partial charge on any atom is 0.253 e. The summed E-state index contributed by atoms with van der Waals surface area (Å²) in [6.45, 7) is 0.865. The second kappa shape index (κ2) is 6.90. The molecule has 9 heteroatoms. The average molecular weight is 394 g/mol. The highest BCUT2D eigenvalue weighted by Gasteiger charge is 2.39. The van der Waals surface area contributed by atoms with Crippen LogP contribution in [0.1, 0.15) is 18.4 Å². The molecule has 2 aliphatic heterocycles. The van der Waals surface area contributed by atoms with Gasteiger partial charge in [0.15, 0.2) is 11.5 Å². The Morgan fingerprint density at radius 1 is 1.27 bits per heavy atom. The Bertz CT molecular complexity index is 911. The second-order valence-corrected chi connectivity index (χ2v) is 9.18. The lowest BCUT2D eigenvalue weighted by Gasteiger charge is -2.22. The fourth-order valence-electron chi connectivity index (χ4n) is 3.17. The van der Waals surface area contributed by atoms with Crippen LogP contribution in [0, 0.1) is 0 Å². The van der Waals surface area contributed by atoms with Crippen molar-refractivity contribution in [3.05, 3.63) is 41.3 Å². The number of hydrogen-bond donors (Lipinski definition) is 1. The van der Waals surface area contributed by atoms with Crippen molar-refractivity contribution < 1.29 is 22.7 Å². The Morgan fingerprint density at radius 2 is 2.12 bits per heavy atom. The van der Waals surface area contributed by atoms with Crippen molar-refractivity contribution >= 4 is 27.3 Å². The molecule has 1 amide bonds. The molecule has 0 aliphatic carbocycles. The maximum absolute atomic E-state index is 12.7. The molecule has 3 heterocycles. The number of nitrogens with one attached hydrogen (secondary N) is 1. The quantitative estimate of drug-likeness (QED) is 0.838. The molecule has 0 bridgehead atoms. The van der Waals surface area contributed by atoms with Crippen LogP contribution >= 0.6 is 11.3 Å². The summed E-state index contributed by atoms with van der Waals surface area (Å²) in [4.78, 5) is 12.6. The normalized spacial score (nSPS) is 19.6. The van der Waals surface area contributed by atoms with E-state index < -0.39 is 16.1 Å². The Balaban J connectivity index is 1.44. The highest BCUT2D eigenvalue weighted by molar-refractivity contribution is 7.91. The topological polar surface area (TPSA) is 84.9 Å². The number of carbonyl (C=O) groups excluding carboxylic acids is 1. The molecule has 26 heavy (non-hydrogen) atoms. The number of ether oxygens (including phenoxy) is 2. The summed E-state index contributed by atoms with van der Waals surface area (Å²) in [7, 11) is -3.63. The van der Waals surface area contributed by atoms with Gasteiger partial charge in [0.05, 0.1) is 0 Å². The smallest absolute Gasteiger partial charge is 0.253 e. The van der Waals surface area contributed by atoms with Crippen LogP contribution < -0.4 is 14.8 Å². The fraction of sp³-hybridized carbons (Fsp3) is 0.353. The molecule has 7 nitrogen and oxygen atoms in total. The number of sulfonamides is 1. The van der Waals surface area contributed by atoms with Gasteiger partial charge in [0.1, 0.15) is 10.3 Å². The van der Waals surface area contributed by atoms with Gasteiger partial charge < -0.3 is 14.8 Å². The number of amides is 1. The van der Waals surface area contributed by atoms with Crippen molar-refractivity contribution in [2.24, 2.45) is 0 Å². The molecule has 4 rings (SSSR count). The van der Waals surface area contributed by atoms with E-state index in [1.165, 1.54) is 4.31 Å². The van der Waals surface area contributed by atoms with Crippen LogP contribution in [-0.2, 0) is 21.4 Å². The summed E-state index contributed by atoms with van der Waals surface area (Å²) in [6.07, 6.45) is 1.20. The van der Waals surface area contributed by atoms with E-state index in [1.807, 2.05) is 12.1 Å². The zero-order valence-electron chi connectivity index (χ0n) is 13.9. The predicted octanol–water partition coefficient (Wildman–Crippen LogP) is 1.95. The third-order valence-electron chi connectivity index (χ3n) is 4.47. The van der Waals surface area contributed by atoms with Crippen LogP contribution in [0.5, 0.6) is 11.5 Å². The molecule has 138 valence electrons. The number of carbonyl (C=O) groups is 1. The number of hydrogen-bond acceptors (Lipinski definition) is 6. The molecule has 1 fully saturated rings. The summed E-state index contributed by atoms with van der Waals surface area (Å²) in [5.74, 6) is 1.06. The zero-order chi connectivity index (χ0) is 18.1. The van der Waals surface area contributed by atoms with E-state index in [0.717, 1.165) is 16.9 Å². The van der Waals surface area contributed by atoms with Gasteiger partial charge in [-0.05, 0) is 42.0 Å². The van der Waals surface area contributed by atoms with E-state index in [1.54, 1.807) is 23.6 Å². The molecule has 1 N–H and O–H groups in total. The van der Waals surface area contributed by atoms with Gasteiger partial charge in [0.25, 0.3) is 10.0 Å². The van der Waals surface area contributed by atoms with E-state index in [-0.39, 0.29) is 16.9 Å². The lowest BCUT2D eigenvalue weighted by atomic mass is 10.2. The van der Waals surface area contributed by atoms with Crippen molar-refractivity contribution in [3.63, 3.8) is 0 Å². The maximum atomic E-state index is 12.7. The van der Waals surface area contributed by atoms with Gasteiger partial charge in [-0.2, -0.15) is 4.31 Å². The van der Waals surface area contributed by atoms with Crippen LogP contribution in [0.2, 0.25) is 0 Å². The molecule has 2 aliphatic rings. The first kappa shape index (κ1) is 17.3. The summed E-state index contributed by atoms with van der Waals surface area (Å²) < 4.78 is 37.7. The van der Waals surface area contributed by atoms with Crippen molar-refractivity contribution in [2.75, 3.05) is 13.3 Å². The Labute approximate surface area is 155 Å². The number of thiophene rings is 1. The van der Waals surface area contributed by atoms with Crippen molar-refractivity contribution in [1.29, 1.82) is 0 Å². The van der Waals surface area contributed by atoms with E-state index in [4.69, 9.17) is 9.47 Å². The van der Waals surface area contributed by atoms with Gasteiger partial charge in [-0.25, -0.2) is 8.42 Å². The van der Waals surface area contributed by atoms with Crippen LogP contribution in [0.4, 0.5) is 0 Å². The molecule has 1 atom stereocenters. The van der Waals surface area contributed by atoms with E-state index >= 15 is 0 Å². The third-order valence-corrected chi connectivity index (χ3v) is 7.75. The first-order chi connectivity index (χ1) is 12.6. The third kappa shape index (κ3) is 3.17. The van der Waals surface area contributed by atoms with Gasteiger partial charge in [-0.3, -0.25) is 4.79 Å². The average Bonchev–Trinajstić information content (AvgIpc) is 3.40. The highest BCUT2D eigenvalue weighted by Crippen LogP contribution is 2.32. The summed E-state index contributed by atoms with van der Waals surface area (Å²) in [6, 6.07) is 8.06. The van der Waals surface area contributed by atoms with Crippen molar-refractivity contribution in [3.8, 4) is 11.5 Å². The first-order valence-corrected chi connectivity index (χ1v) is 10.6. The fourth-order valence-corrected chi connectivity index (χ4v) is 5.95. The minimum absolute atomic E-state index is 0.197. The highest BCUT2D eigenvalue weighted by atomic mass is 32.2. The molecule has 1 aromatic heterocycles.